The molecule has 0 saturated carbocycles. The van der Waals surface area contributed by atoms with E-state index in [1.807, 2.05) is 6.08 Å². The highest BCUT2D eigenvalue weighted by molar-refractivity contribution is 5.84. The van der Waals surface area contributed by atoms with Gasteiger partial charge in [-0.3, -0.25) is 4.79 Å². The Balaban J connectivity index is 2.20. The van der Waals surface area contributed by atoms with E-state index in [2.05, 4.69) is 15.1 Å². The topological polar surface area (TPSA) is 93.0 Å². The van der Waals surface area contributed by atoms with E-state index in [1.165, 1.54) is 11.0 Å². The maximum atomic E-state index is 11.8. The Hall–Kier alpha value is -1.99. The lowest BCUT2D eigenvalue weighted by atomic mass is 10.1. The van der Waals surface area contributed by atoms with Gasteiger partial charge in [0.1, 0.15) is 11.1 Å². The molecule has 2 aromatic rings. The largest absolute Gasteiger partial charge is 0.394 e. The molecule has 0 radical (unpaired) electrons. The first-order valence-electron chi connectivity index (χ1n) is 5.62. The van der Waals surface area contributed by atoms with E-state index in [-0.39, 0.29) is 12.2 Å². The molecule has 7 nitrogen and oxygen atoms in total. The lowest BCUT2D eigenvalue weighted by molar-refractivity contribution is 0.105. The Kier molecular flexibility index (Phi) is 2.69. The molecule has 94 valence electrons. The average Bonchev–Trinajstić information content (AvgIpc) is 2.65. The van der Waals surface area contributed by atoms with Crippen molar-refractivity contribution < 1.29 is 9.84 Å². The molecule has 1 fully saturated rings. The van der Waals surface area contributed by atoms with E-state index in [4.69, 9.17) is 9.84 Å². The van der Waals surface area contributed by atoms with Gasteiger partial charge in [-0.25, -0.2) is 9.67 Å². The van der Waals surface area contributed by atoms with Gasteiger partial charge in [0, 0.05) is 0 Å². The van der Waals surface area contributed by atoms with Crippen molar-refractivity contribution >= 4 is 17.1 Å². The second-order valence-electron chi connectivity index (χ2n) is 4.06. The molecule has 1 aliphatic heterocycles. The molecule has 0 aromatic carbocycles. The normalized spacial score (nSPS) is 14.8. The summed E-state index contributed by atoms with van der Waals surface area (Å²) in [7, 11) is 0. The lowest BCUT2D eigenvalue weighted by Crippen LogP contribution is -2.16. The number of ether oxygens (including phenoxy) is 1. The fourth-order valence-electron chi connectivity index (χ4n) is 1.89. The standard InChI is InChI=1S/C11H12N4O3/c16-2-1-15-10-9(11(17)13-6-12-10)8(14-15)3-7-4-18-5-7/h3,6,16H,1-2,4-5H2,(H,12,13,17). The Morgan fingerprint density at radius 3 is 3.06 bits per heavy atom. The highest BCUT2D eigenvalue weighted by atomic mass is 16.5. The Morgan fingerprint density at radius 2 is 2.39 bits per heavy atom. The van der Waals surface area contributed by atoms with Gasteiger partial charge in [-0.1, -0.05) is 0 Å². The van der Waals surface area contributed by atoms with Gasteiger partial charge in [-0.15, -0.1) is 0 Å². The second-order valence-corrected chi connectivity index (χ2v) is 4.06. The summed E-state index contributed by atoms with van der Waals surface area (Å²) in [5.41, 5.74) is 1.93. The number of H-pyrrole nitrogens is 1. The van der Waals surface area contributed by atoms with Gasteiger partial charge in [0.05, 0.1) is 32.7 Å². The molecular formula is C11H12N4O3. The molecule has 0 bridgehead atoms. The van der Waals surface area contributed by atoms with Crippen molar-refractivity contribution in [3.63, 3.8) is 0 Å². The third-order valence-electron chi connectivity index (χ3n) is 2.79. The minimum absolute atomic E-state index is 0.0512. The van der Waals surface area contributed by atoms with Gasteiger partial charge in [-0.2, -0.15) is 5.10 Å². The summed E-state index contributed by atoms with van der Waals surface area (Å²) in [5.74, 6) is 0. The van der Waals surface area contributed by atoms with Crippen LogP contribution in [-0.4, -0.2) is 44.7 Å². The van der Waals surface area contributed by atoms with E-state index in [0.717, 1.165) is 5.57 Å². The molecule has 1 aliphatic rings. The Bertz CT molecular complexity index is 664. The summed E-state index contributed by atoms with van der Waals surface area (Å²) < 4.78 is 6.60. The van der Waals surface area contributed by atoms with E-state index in [9.17, 15) is 4.79 Å². The summed E-state index contributed by atoms with van der Waals surface area (Å²) in [6.45, 7) is 1.41. The number of aromatic nitrogens is 4. The summed E-state index contributed by atoms with van der Waals surface area (Å²) in [6.07, 6.45) is 3.18. The van der Waals surface area contributed by atoms with Gasteiger partial charge in [0.15, 0.2) is 5.65 Å². The highest BCUT2D eigenvalue weighted by Gasteiger charge is 2.16. The van der Waals surface area contributed by atoms with Gasteiger partial charge in [0.2, 0.25) is 0 Å². The van der Waals surface area contributed by atoms with Crippen molar-refractivity contribution in [2.75, 3.05) is 19.8 Å². The molecule has 3 heterocycles. The summed E-state index contributed by atoms with van der Waals surface area (Å²) in [5, 5.41) is 13.7. The molecule has 0 unspecified atom stereocenters. The van der Waals surface area contributed by atoms with Gasteiger partial charge >= 0.3 is 0 Å². The Morgan fingerprint density at radius 1 is 1.56 bits per heavy atom. The quantitative estimate of drug-likeness (QED) is 0.765. The van der Waals surface area contributed by atoms with Crippen molar-refractivity contribution in [2.24, 2.45) is 0 Å². The van der Waals surface area contributed by atoms with Crippen molar-refractivity contribution in [3.05, 3.63) is 27.9 Å². The predicted molar refractivity (Wildman–Crippen MR) is 64.0 cm³/mol. The van der Waals surface area contributed by atoms with Crippen LogP contribution in [0.4, 0.5) is 0 Å². The minimum Gasteiger partial charge on any atom is -0.394 e. The molecule has 18 heavy (non-hydrogen) atoms. The van der Waals surface area contributed by atoms with Crippen molar-refractivity contribution in [3.8, 4) is 0 Å². The molecule has 7 heteroatoms. The van der Waals surface area contributed by atoms with Crippen LogP contribution in [0.15, 0.2) is 16.7 Å². The van der Waals surface area contributed by atoms with Crippen molar-refractivity contribution in [1.82, 2.24) is 19.7 Å². The van der Waals surface area contributed by atoms with Crippen LogP contribution in [0.3, 0.4) is 0 Å². The first kappa shape index (κ1) is 11.1. The van der Waals surface area contributed by atoms with E-state index < -0.39 is 0 Å². The number of nitrogens with zero attached hydrogens (tertiary/aromatic N) is 3. The molecule has 1 saturated heterocycles. The fourth-order valence-corrected chi connectivity index (χ4v) is 1.89. The van der Waals surface area contributed by atoms with Crippen LogP contribution in [0, 0.1) is 0 Å². The highest BCUT2D eigenvalue weighted by Crippen LogP contribution is 2.18. The zero-order valence-electron chi connectivity index (χ0n) is 9.59. The number of aliphatic hydroxyl groups is 1. The molecule has 2 N–H and O–H groups in total. The van der Waals surface area contributed by atoms with Crippen LogP contribution >= 0.6 is 0 Å². The number of nitrogens with one attached hydrogen (secondary N) is 1. The van der Waals surface area contributed by atoms with E-state index in [1.54, 1.807) is 0 Å². The number of hydrogen-bond acceptors (Lipinski definition) is 5. The van der Waals surface area contributed by atoms with Crippen LogP contribution in [0.25, 0.3) is 17.1 Å². The summed E-state index contributed by atoms with van der Waals surface area (Å²) in [4.78, 5) is 18.5. The van der Waals surface area contributed by atoms with Crippen molar-refractivity contribution in [2.45, 2.75) is 6.54 Å². The SMILES string of the molecule is O=c1[nH]cnc2c1c(C=C1COC1)nn2CCO. The molecule has 0 spiro atoms. The van der Waals surface area contributed by atoms with Gasteiger partial charge in [0.25, 0.3) is 5.56 Å². The van der Waals surface area contributed by atoms with Crippen LogP contribution < -0.4 is 5.56 Å². The van der Waals surface area contributed by atoms with E-state index >= 15 is 0 Å². The number of fused-ring (bicyclic) bond motifs is 1. The van der Waals surface area contributed by atoms with E-state index in [0.29, 0.717) is 36.5 Å². The lowest BCUT2D eigenvalue weighted by Gasteiger charge is -2.16. The number of hydrogen-bond donors (Lipinski definition) is 2. The number of rotatable bonds is 3. The molecule has 3 rings (SSSR count). The maximum Gasteiger partial charge on any atom is 0.262 e. The first-order valence-corrected chi connectivity index (χ1v) is 5.62. The molecular weight excluding hydrogens is 236 g/mol. The Labute approximate surface area is 102 Å². The minimum atomic E-state index is -0.226. The maximum absolute atomic E-state index is 11.8. The van der Waals surface area contributed by atoms with Gasteiger partial charge < -0.3 is 14.8 Å². The summed E-state index contributed by atoms with van der Waals surface area (Å²) >= 11 is 0. The predicted octanol–water partition coefficient (Wildman–Crippen LogP) is -0.475. The van der Waals surface area contributed by atoms with Gasteiger partial charge in [-0.05, 0) is 11.6 Å². The second kappa shape index (κ2) is 4.35. The molecule has 0 aliphatic carbocycles. The third-order valence-corrected chi connectivity index (χ3v) is 2.79. The number of aliphatic hydroxyl groups excluding tert-OH is 1. The van der Waals surface area contributed by atoms with Crippen molar-refractivity contribution in [1.29, 1.82) is 0 Å². The number of aromatic amines is 1. The molecule has 2 aromatic heterocycles. The zero-order chi connectivity index (χ0) is 12.5. The fraction of sp³-hybridized carbons (Fsp3) is 0.364. The van der Waals surface area contributed by atoms with Crippen LogP contribution in [0.2, 0.25) is 0 Å². The molecule has 0 amide bonds. The monoisotopic (exact) mass is 248 g/mol. The smallest absolute Gasteiger partial charge is 0.262 e. The first-order chi connectivity index (χ1) is 8.79. The average molecular weight is 248 g/mol. The van der Waals surface area contributed by atoms with Crippen LogP contribution in [-0.2, 0) is 11.3 Å². The molecule has 0 atom stereocenters. The zero-order valence-corrected chi connectivity index (χ0v) is 9.59. The summed E-state index contributed by atoms with van der Waals surface area (Å²) in [6, 6.07) is 0. The van der Waals surface area contributed by atoms with Crippen LogP contribution in [0.1, 0.15) is 5.69 Å². The third kappa shape index (κ3) is 1.73. The van der Waals surface area contributed by atoms with Crippen LogP contribution in [0.5, 0.6) is 0 Å².